The van der Waals surface area contributed by atoms with E-state index in [4.69, 9.17) is 36.0 Å². The van der Waals surface area contributed by atoms with Gasteiger partial charge in [0, 0.05) is 0 Å². The Hall–Kier alpha value is -3.09. The fraction of sp³-hybridized carbons (Fsp3) is 0.286. The Morgan fingerprint density at radius 1 is 1.10 bits per heavy atom. The van der Waals surface area contributed by atoms with Crippen molar-refractivity contribution < 1.29 is 39.0 Å². The molecule has 12 heteroatoms. The zero-order valence-corrected chi connectivity index (χ0v) is 25.5. The van der Waals surface area contributed by atoms with Crippen molar-refractivity contribution in [3.05, 3.63) is 87.5 Å². The predicted molar refractivity (Wildman–Crippen MR) is 149 cm³/mol. The Balaban J connectivity index is 1.69. The molecule has 2 aliphatic heterocycles. The predicted octanol–water partition coefficient (Wildman–Crippen LogP) is 1.90. The summed E-state index contributed by atoms with van der Waals surface area (Å²) in [6.45, 7) is 3.03. The molecule has 0 unspecified atom stereocenters. The third-order valence-electron chi connectivity index (χ3n) is 6.54. The van der Waals surface area contributed by atoms with Gasteiger partial charge in [-0.25, -0.2) is 0 Å². The fourth-order valence-corrected chi connectivity index (χ4v) is 5.86. The van der Waals surface area contributed by atoms with Crippen molar-refractivity contribution in [2.24, 2.45) is 4.99 Å². The molecule has 0 spiro atoms. The zero-order valence-electron chi connectivity index (χ0n) is 21.8. The number of hydrogen-bond acceptors (Lipinski definition) is 6. The number of halogens is 3. The molecule has 0 radical (unpaired) electrons. The second-order valence-corrected chi connectivity index (χ2v) is 11.2. The topological polar surface area (TPSA) is 96.4 Å². The summed E-state index contributed by atoms with van der Waals surface area (Å²) in [4.78, 5) is 41.4. The quantitative estimate of drug-likeness (QED) is 0.301. The average Bonchev–Trinajstić information content (AvgIpc) is 3.34. The van der Waals surface area contributed by atoms with Gasteiger partial charge in [-0.2, -0.15) is 0 Å². The summed E-state index contributed by atoms with van der Waals surface area (Å²) in [7, 11) is 0. The molecular formula is C28H27Cl2IN5O4-. The van der Waals surface area contributed by atoms with Crippen LogP contribution in [0.15, 0.2) is 65.8 Å². The summed E-state index contributed by atoms with van der Waals surface area (Å²) in [6.07, 6.45) is 1.63. The van der Waals surface area contributed by atoms with Gasteiger partial charge < -0.3 is 0 Å². The van der Waals surface area contributed by atoms with E-state index in [2.05, 4.69) is 10.3 Å². The van der Waals surface area contributed by atoms with E-state index in [0.29, 0.717) is 52.8 Å². The molecule has 0 aliphatic carbocycles. The van der Waals surface area contributed by atoms with Gasteiger partial charge in [-0.05, 0) is 0 Å². The van der Waals surface area contributed by atoms with E-state index in [1.165, 1.54) is 4.90 Å². The zero-order chi connectivity index (χ0) is 28.2. The molecule has 2 aliphatic rings. The van der Waals surface area contributed by atoms with Crippen LogP contribution >= 0.6 is 23.2 Å². The van der Waals surface area contributed by atoms with Crippen LogP contribution in [0, 0.1) is 0 Å². The molecule has 3 heterocycles. The molecule has 3 amide bonds. The number of hydrogen-bond donors (Lipinski definition) is 1. The number of piperazine rings is 1. The number of nitrogens with zero attached hydrogens (tertiary/aromatic N) is 4. The van der Waals surface area contributed by atoms with E-state index in [9.17, 15) is 9.59 Å². The number of amides is 3. The van der Waals surface area contributed by atoms with Gasteiger partial charge in [0.1, 0.15) is 0 Å². The van der Waals surface area contributed by atoms with Gasteiger partial charge in [0.05, 0.1) is 0 Å². The van der Waals surface area contributed by atoms with Crippen molar-refractivity contribution in [1.82, 2.24) is 20.1 Å². The number of carbonyl (C=O) groups is 2. The van der Waals surface area contributed by atoms with Crippen LogP contribution in [-0.4, -0.2) is 63.7 Å². The number of pyridine rings is 1. The summed E-state index contributed by atoms with van der Waals surface area (Å²) in [6, 6.07) is 15.2. The van der Waals surface area contributed by atoms with E-state index >= 15 is 0 Å². The van der Waals surface area contributed by atoms with E-state index in [1.54, 1.807) is 41.4 Å². The van der Waals surface area contributed by atoms with Crippen LogP contribution in [0.25, 0.3) is 0 Å². The van der Waals surface area contributed by atoms with Crippen LogP contribution < -0.4 is 34.7 Å². The Labute approximate surface area is 253 Å². The molecule has 2 atom stereocenters. The van der Waals surface area contributed by atoms with Crippen LogP contribution in [0.4, 0.5) is 4.79 Å². The molecule has 0 bridgehead atoms. The van der Waals surface area contributed by atoms with Crippen LogP contribution in [0.5, 0.6) is 11.6 Å². The Morgan fingerprint density at radius 2 is 1.77 bits per heavy atom. The first-order chi connectivity index (χ1) is 19.4. The molecule has 1 aromatic heterocycles. The van der Waals surface area contributed by atoms with Crippen molar-refractivity contribution >= 4 is 41.0 Å². The summed E-state index contributed by atoms with van der Waals surface area (Å²) < 4.78 is 11.7. The van der Waals surface area contributed by atoms with Crippen molar-refractivity contribution in [3.8, 4) is 11.6 Å². The molecule has 1 saturated heterocycles. The number of ether oxygens (including phenoxy) is 1. The molecule has 0 saturated carbocycles. The molecule has 3 aromatic rings. The van der Waals surface area contributed by atoms with Gasteiger partial charge in [-0.15, -0.1) is 0 Å². The summed E-state index contributed by atoms with van der Waals surface area (Å²) in [5.74, 6) is 1.15. The van der Waals surface area contributed by atoms with E-state index < -0.39 is 33.7 Å². The van der Waals surface area contributed by atoms with Crippen LogP contribution in [-0.2, 0) is 4.79 Å². The number of benzene rings is 2. The van der Waals surface area contributed by atoms with Gasteiger partial charge in [0.15, 0.2) is 0 Å². The Morgan fingerprint density at radius 3 is 2.40 bits per heavy atom. The first-order valence-corrected chi connectivity index (χ1v) is 16.4. The fourth-order valence-electron chi connectivity index (χ4n) is 4.77. The molecule has 1 N–H and O–H groups in total. The van der Waals surface area contributed by atoms with E-state index in [0.717, 1.165) is 11.1 Å². The molecular weight excluding hydrogens is 668 g/mol. The molecule has 1 fully saturated rings. The summed E-state index contributed by atoms with van der Waals surface area (Å²) in [5, 5.41) is 3.96. The van der Waals surface area contributed by atoms with Crippen molar-refractivity contribution in [3.63, 3.8) is 0 Å². The van der Waals surface area contributed by atoms with Gasteiger partial charge in [0.2, 0.25) is 0 Å². The minimum atomic E-state index is -0.629. The summed E-state index contributed by atoms with van der Waals surface area (Å²) >= 11 is 11.8. The van der Waals surface area contributed by atoms with Gasteiger partial charge in [-0.1, -0.05) is 0 Å². The second kappa shape index (κ2) is 12.6. The first kappa shape index (κ1) is 28.4. The van der Waals surface area contributed by atoms with Crippen molar-refractivity contribution in [1.29, 1.82) is 0 Å². The Bertz CT molecular complexity index is 1420. The van der Waals surface area contributed by atoms with Gasteiger partial charge >= 0.3 is 254 Å². The maximum atomic E-state index is 14.3. The van der Waals surface area contributed by atoms with E-state index in [1.807, 2.05) is 36.1 Å². The van der Waals surface area contributed by atoms with Crippen LogP contribution in [0.3, 0.4) is 0 Å². The Kier molecular flexibility index (Phi) is 8.97. The number of nitrogens with one attached hydrogen (secondary N) is 1. The summed E-state index contributed by atoms with van der Waals surface area (Å²) in [5.41, 5.74) is 2.27. The molecule has 210 valence electrons. The second-order valence-electron chi connectivity index (χ2n) is 9.05. The molecule has 5 rings (SSSR count). The number of urea groups is 1. The number of aliphatic imine (C=N–C) groups is 1. The van der Waals surface area contributed by atoms with Gasteiger partial charge in [-0.3, -0.25) is 0 Å². The number of amidine groups is 1. The molecule has 40 heavy (non-hydrogen) atoms. The number of alkyl halides is 1. The van der Waals surface area contributed by atoms with Crippen molar-refractivity contribution in [2.45, 2.75) is 19.0 Å². The number of carbonyl (C=O) groups excluding carboxylic acids is 2. The molecule has 9 nitrogen and oxygen atoms in total. The van der Waals surface area contributed by atoms with Crippen LogP contribution in [0.2, 0.25) is 10.0 Å². The number of rotatable bonds is 7. The molecule has 2 aromatic carbocycles. The number of aromatic nitrogens is 1. The average molecular weight is 695 g/mol. The monoisotopic (exact) mass is 694 g/mol. The van der Waals surface area contributed by atoms with E-state index in [-0.39, 0.29) is 18.5 Å². The normalized spacial score (nSPS) is 18.9. The van der Waals surface area contributed by atoms with Gasteiger partial charge in [0.25, 0.3) is 0 Å². The third-order valence-corrected chi connectivity index (χ3v) is 7.96. The van der Waals surface area contributed by atoms with Crippen LogP contribution in [0.1, 0.15) is 35.7 Å². The van der Waals surface area contributed by atoms with Crippen molar-refractivity contribution in [2.75, 3.05) is 31.2 Å². The maximum absolute atomic E-state index is 14.3. The first-order valence-electron chi connectivity index (χ1n) is 12.6. The third kappa shape index (κ3) is 5.98. The minimum absolute atomic E-state index is 0.0487. The SMILES string of the molecule is CCOc1cc(O[I-]C)c(C2=N[C@@H](c3ccc(Cl)cc3)[C@@H](c3ccc(Cl)cc3)N2C(=O)N2CCNC(=O)C2)cn1. The standard InChI is InChI=1S/C28H27Cl2IN5O4/c1-3-39-24-14-22(40-31-2)21(15-33-24)27-34-25(17-4-8-19(29)9-5-17)26(18-6-10-20(30)11-7-18)36(27)28(38)35-13-12-32-23(37)16-35/h4-11,14-15,25-26H,3,12-13,16H2,1-2H3,(H,32,37)/q-1/t25-,26+/m0/s1.